The van der Waals surface area contributed by atoms with Crippen LogP contribution in [0.25, 0.3) is 0 Å². The van der Waals surface area contributed by atoms with E-state index in [2.05, 4.69) is 16.3 Å². The average molecular weight is 374 g/mol. The molecule has 0 aromatic heterocycles. The van der Waals surface area contributed by atoms with E-state index in [9.17, 15) is 4.79 Å². The first-order chi connectivity index (χ1) is 12.6. The van der Waals surface area contributed by atoms with Gasteiger partial charge in [0.2, 0.25) is 0 Å². The Morgan fingerprint density at radius 1 is 1.19 bits per heavy atom. The summed E-state index contributed by atoms with van der Waals surface area (Å²) in [5, 5.41) is 3.58. The van der Waals surface area contributed by atoms with E-state index in [0.29, 0.717) is 23.9 Å². The summed E-state index contributed by atoms with van der Waals surface area (Å²) >= 11 is 5.93. The maximum Gasteiger partial charge on any atom is 0.321 e. The Bertz CT molecular complexity index is 747. The van der Waals surface area contributed by atoms with Gasteiger partial charge < -0.3 is 19.9 Å². The van der Waals surface area contributed by atoms with Crippen LogP contribution in [-0.2, 0) is 0 Å². The van der Waals surface area contributed by atoms with Crippen molar-refractivity contribution >= 4 is 29.0 Å². The minimum Gasteiger partial charge on any atom is -0.492 e. The number of rotatable bonds is 6. The van der Waals surface area contributed by atoms with Gasteiger partial charge in [-0.05, 0) is 49.2 Å². The molecular weight excluding hydrogens is 350 g/mol. The summed E-state index contributed by atoms with van der Waals surface area (Å²) < 4.78 is 5.63. The van der Waals surface area contributed by atoms with Gasteiger partial charge in [-0.25, -0.2) is 4.79 Å². The highest BCUT2D eigenvalue weighted by atomic mass is 35.5. The van der Waals surface area contributed by atoms with Crippen molar-refractivity contribution in [2.45, 2.75) is 12.8 Å². The molecule has 1 N–H and O–H groups in total. The molecule has 2 aromatic rings. The molecule has 0 aliphatic carbocycles. The van der Waals surface area contributed by atoms with Gasteiger partial charge in [0.1, 0.15) is 12.4 Å². The van der Waals surface area contributed by atoms with Crippen LogP contribution in [0, 0.1) is 0 Å². The number of carbonyl (C=O) groups is 1. The van der Waals surface area contributed by atoms with Crippen LogP contribution in [0.2, 0.25) is 5.02 Å². The number of benzene rings is 2. The van der Waals surface area contributed by atoms with Crippen molar-refractivity contribution in [2.24, 2.45) is 0 Å². The highest BCUT2D eigenvalue weighted by Crippen LogP contribution is 2.23. The topological polar surface area (TPSA) is 44.8 Å². The van der Waals surface area contributed by atoms with Crippen molar-refractivity contribution in [2.75, 3.05) is 43.5 Å². The van der Waals surface area contributed by atoms with Gasteiger partial charge in [-0.15, -0.1) is 0 Å². The van der Waals surface area contributed by atoms with Crippen molar-refractivity contribution in [1.29, 1.82) is 0 Å². The Morgan fingerprint density at radius 2 is 1.96 bits per heavy atom. The molecule has 0 unspecified atom stereocenters. The van der Waals surface area contributed by atoms with Crippen molar-refractivity contribution in [3.8, 4) is 5.75 Å². The smallest absolute Gasteiger partial charge is 0.321 e. The molecule has 1 aliphatic heterocycles. The fourth-order valence-electron chi connectivity index (χ4n) is 2.93. The summed E-state index contributed by atoms with van der Waals surface area (Å²) in [6.07, 6.45) is 2.46. The maximum absolute atomic E-state index is 12.4. The number of urea groups is 1. The van der Waals surface area contributed by atoms with Crippen LogP contribution in [0.5, 0.6) is 5.75 Å². The molecule has 3 rings (SSSR count). The minimum atomic E-state index is -0.154. The van der Waals surface area contributed by atoms with Crippen LogP contribution in [0.3, 0.4) is 0 Å². The summed E-state index contributed by atoms with van der Waals surface area (Å²) in [5.41, 5.74) is 1.97. The lowest BCUT2D eigenvalue weighted by Crippen LogP contribution is -2.34. The van der Waals surface area contributed by atoms with E-state index in [-0.39, 0.29) is 6.03 Å². The number of ether oxygens (including phenoxy) is 1. The highest BCUT2D eigenvalue weighted by Gasteiger charge is 2.14. The molecule has 1 aliphatic rings. The number of nitrogens with one attached hydrogen (secondary N) is 1. The summed E-state index contributed by atoms with van der Waals surface area (Å²) in [6, 6.07) is 15.1. The molecule has 1 heterocycles. The molecule has 0 atom stereocenters. The van der Waals surface area contributed by atoms with Crippen LogP contribution in [0.4, 0.5) is 16.2 Å². The summed E-state index contributed by atoms with van der Waals surface area (Å²) in [6.45, 7) is 3.04. The number of halogens is 1. The molecule has 0 radical (unpaired) electrons. The normalized spacial score (nSPS) is 13.5. The molecule has 2 amide bonds. The van der Waals surface area contributed by atoms with E-state index in [1.807, 2.05) is 30.3 Å². The fourth-order valence-corrected chi connectivity index (χ4v) is 3.11. The summed E-state index contributed by atoms with van der Waals surface area (Å²) in [4.78, 5) is 16.3. The Labute approximate surface area is 159 Å². The number of likely N-dealkylation sites (N-methyl/N-ethyl adjacent to an activating group) is 1. The summed E-state index contributed by atoms with van der Waals surface area (Å²) in [7, 11) is 1.75. The summed E-state index contributed by atoms with van der Waals surface area (Å²) in [5.74, 6) is 0.699. The molecule has 26 heavy (non-hydrogen) atoms. The minimum absolute atomic E-state index is 0.154. The van der Waals surface area contributed by atoms with E-state index in [0.717, 1.165) is 24.5 Å². The molecule has 6 heteroatoms. The van der Waals surface area contributed by atoms with E-state index in [4.69, 9.17) is 16.3 Å². The van der Waals surface area contributed by atoms with E-state index >= 15 is 0 Å². The van der Waals surface area contributed by atoms with Gasteiger partial charge in [0.05, 0.1) is 6.54 Å². The predicted octanol–water partition coefficient (Wildman–Crippen LogP) is 4.48. The second-order valence-electron chi connectivity index (χ2n) is 6.40. The third-order valence-electron chi connectivity index (χ3n) is 4.41. The van der Waals surface area contributed by atoms with Crippen molar-refractivity contribution in [3.05, 3.63) is 53.6 Å². The SMILES string of the molecule is CN(CCOc1cccc(Cl)c1)C(=O)Nc1cccc(N2CCCC2)c1. The number of carbonyl (C=O) groups excluding carboxylic acids is 1. The number of amides is 2. The molecule has 0 bridgehead atoms. The van der Waals surface area contributed by atoms with Gasteiger partial charge in [-0.3, -0.25) is 0 Å². The van der Waals surface area contributed by atoms with Crippen LogP contribution < -0.4 is 15.0 Å². The first-order valence-corrected chi connectivity index (χ1v) is 9.25. The molecule has 138 valence electrons. The van der Waals surface area contributed by atoms with Crippen LogP contribution >= 0.6 is 11.6 Å². The zero-order chi connectivity index (χ0) is 18.4. The third-order valence-corrected chi connectivity index (χ3v) is 4.64. The van der Waals surface area contributed by atoms with Gasteiger partial charge in [0.25, 0.3) is 0 Å². The van der Waals surface area contributed by atoms with Crippen molar-refractivity contribution < 1.29 is 9.53 Å². The second kappa shape index (κ2) is 8.81. The molecule has 1 saturated heterocycles. The van der Waals surface area contributed by atoms with E-state index in [1.165, 1.54) is 12.8 Å². The van der Waals surface area contributed by atoms with Crippen LogP contribution in [0.15, 0.2) is 48.5 Å². The van der Waals surface area contributed by atoms with Crippen LogP contribution in [-0.4, -0.2) is 44.2 Å². The Kier molecular flexibility index (Phi) is 6.23. The molecule has 2 aromatic carbocycles. The van der Waals surface area contributed by atoms with Gasteiger partial charge in [0.15, 0.2) is 0 Å². The fraction of sp³-hybridized carbons (Fsp3) is 0.350. The van der Waals surface area contributed by atoms with Crippen LogP contribution in [0.1, 0.15) is 12.8 Å². The van der Waals surface area contributed by atoms with Gasteiger partial charge in [-0.2, -0.15) is 0 Å². The zero-order valence-corrected chi connectivity index (χ0v) is 15.7. The monoisotopic (exact) mass is 373 g/mol. The number of nitrogens with zero attached hydrogens (tertiary/aromatic N) is 2. The number of hydrogen-bond acceptors (Lipinski definition) is 3. The highest BCUT2D eigenvalue weighted by molar-refractivity contribution is 6.30. The molecule has 0 spiro atoms. The Morgan fingerprint density at radius 3 is 2.73 bits per heavy atom. The number of anilines is 2. The van der Waals surface area contributed by atoms with Crippen molar-refractivity contribution in [1.82, 2.24) is 4.90 Å². The van der Waals surface area contributed by atoms with E-state index < -0.39 is 0 Å². The number of hydrogen-bond donors (Lipinski definition) is 1. The predicted molar refractivity (Wildman–Crippen MR) is 106 cm³/mol. The zero-order valence-electron chi connectivity index (χ0n) is 15.0. The largest absolute Gasteiger partial charge is 0.492 e. The first kappa shape index (κ1) is 18.4. The quantitative estimate of drug-likeness (QED) is 0.811. The molecule has 5 nitrogen and oxygen atoms in total. The maximum atomic E-state index is 12.4. The Hall–Kier alpha value is -2.40. The lowest BCUT2D eigenvalue weighted by atomic mass is 10.2. The Balaban J connectivity index is 1.48. The lowest BCUT2D eigenvalue weighted by molar-refractivity contribution is 0.207. The van der Waals surface area contributed by atoms with E-state index in [1.54, 1.807) is 24.1 Å². The first-order valence-electron chi connectivity index (χ1n) is 8.87. The molecular formula is C20H24ClN3O2. The van der Waals surface area contributed by atoms with Crippen molar-refractivity contribution in [3.63, 3.8) is 0 Å². The average Bonchev–Trinajstić information content (AvgIpc) is 3.16. The standard InChI is InChI=1S/C20H24ClN3O2/c1-23(12-13-26-19-9-4-6-16(21)14-19)20(25)22-17-7-5-8-18(15-17)24-10-2-3-11-24/h4-9,14-15H,2-3,10-13H2,1H3,(H,22,25). The molecule has 1 fully saturated rings. The van der Waals surface area contributed by atoms with Gasteiger partial charge in [-0.1, -0.05) is 23.7 Å². The lowest BCUT2D eigenvalue weighted by Gasteiger charge is -2.20. The van der Waals surface area contributed by atoms with Gasteiger partial charge >= 0.3 is 6.03 Å². The second-order valence-corrected chi connectivity index (χ2v) is 6.84. The molecule has 0 saturated carbocycles. The van der Waals surface area contributed by atoms with Gasteiger partial charge in [0, 0.05) is 36.5 Å². The third kappa shape index (κ3) is 5.05.